The SMILES string of the molecule is CCc1ccc(CNc2cccc(NS(C)(=O)=O)c2)cc1. The van der Waals surface area contributed by atoms with Crippen molar-refractivity contribution in [1.29, 1.82) is 0 Å². The lowest BCUT2D eigenvalue weighted by Crippen LogP contribution is -2.09. The van der Waals surface area contributed by atoms with E-state index in [1.807, 2.05) is 12.1 Å². The van der Waals surface area contributed by atoms with Gasteiger partial charge in [0.15, 0.2) is 0 Å². The highest BCUT2D eigenvalue weighted by molar-refractivity contribution is 7.92. The maximum Gasteiger partial charge on any atom is 0.229 e. The summed E-state index contributed by atoms with van der Waals surface area (Å²) >= 11 is 0. The maximum atomic E-state index is 11.2. The molecule has 112 valence electrons. The van der Waals surface area contributed by atoms with E-state index in [2.05, 4.69) is 41.2 Å². The molecule has 0 heterocycles. The standard InChI is InChI=1S/C16H20N2O2S/c1-3-13-7-9-14(10-8-13)12-17-15-5-4-6-16(11-15)18-21(2,19)20/h4-11,17-18H,3,12H2,1-2H3. The van der Waals surface area contributed by atoms with Crippen molar-refractivity contribution in [3.63, 3.8) is 0 Å². The Morgan fingerprint density at radius 3 is 2.19 bits per heavy atom. The summed E-state index contributed by atoms with van der Waals surface area (Å²) in [7, 11) is -3.25. The van der Waals surface area contributed by atoms with Crippen molar-refractivity contribution in [1.82, 2.24) is 0 Å². The van der Waals surface area contributed by atoms with E-state index in [0.717, 1.165) is 18.4 Å². The van der Waals surface area contributed by atoms with Crippen LogP contribution in [0.15, 0.2) is 48.5 Å². The molecule has 2 aromatic rings. The van der Waals surface area contributed by atoms with Gasteiger partial charge in [0.2, 0.25) is 10.0 Å². The highest BCUT2D eigenvalue weighted by Gasteiger charge is 2.02. The molecule has 0 fully saturated rings. The van der Waals surface area contributed by atoms with E-state index in [1.165, 1.54) is 11.1 Å². The fourth-order valence-corrected chi connectivity index (χ4v) is 2.56. The van der Waals surface area contributed by atoms with Gasteiger partial charge in [-0.3, -0.25) is 4.72 Å². The van der Waals surface area contributed by atoms with E-state index in [-0.39, 0.29) is 0 Å². The van der Waals surface area contributed by atoms with Gasteiger partial charge in [0.1, 0.15) is 0 Å². The number of nitrogens with one attached hydrogen (secondary N) is 2. The monoisotopic (exact) mass is 304 g/mol. The third-order valence-electron chi connectivity index (χ3n) is 3.09. The van der Waals surface area contributed by atoms with E-state index < -0.39 is 10.0 Å². The molecule has 0 aliphatic rings. The third kappa shape index (κ3) is 5.11. The maximum absolute atomic E-state index is 11.2. The van der Waals surface area contributed by atoms with Crippen LogP contribution in [0.4, 0.5) is 11.4 Å². The number of hydrogen-bond donors (Lipinski definition) is 2. The molecule has 2 aromatic carbocycles. The summed E-state index contributed by atoms with van der Waals surface area (Å²) in [5, 5.41) is 3.29. The van der Waals surface area contributed by atoms with Gasteiger partial charge in [0.25, 0.3) is 0 Å². The smallest absolute Gasteiger partial charge is 0.229 e. The van der Waals surface area contributed by atoms with Crippen LogP contribution in [0.2, 0.25) is 0 Å². The van der Waals surface area contributed by atoms with Crippen LogP contribution >= 0.6 is 0 Å². The molecule has 4 nitrogen and oxygen atoms in total. The van der Waals surface area contributed by atoms with Crippen molar-refractivity contribution in [2.24, 2.45) is 0 Å². The fraction of sp³-hybridized carbons (Fsp3) is 0.250. The highest BCUT2D eigenvalue weighted by Crippen LogP contribution is 2.17. The predicted octanol–water partition coefficient (Wildman–Crippen LogP) is 3.23. The number of sulfonamides is 1. The summed E-state index contributed by atoms with van der Waals surface area (Å²) in [5.41, 5.74) is 3.94. The first-order chi connectivity index (χ1) is 9.96. The Morgan fingerprint density at radius 1 is 0.952 bits per heavy atom. The zero-order valence-corrected chi connectivity index (χ0v) is 13.1. The van der Waals surface area contributed by atoms with E-state index in [0.29, 0.717) is 12.2 Å². The minimum absolute atomic E-state index is 0.559. The molecule has 0 radical (unpaired) electrons. The highest BCUT2D eigenvalue weighted by atomic mass is 32.2. The predicted molar refractivity (Wildman–Crippen MR) is 88.1 cm³/mol. The Hall–Kier alpha value is -2.01. The molecule has 0 atom stereocenters. The molecule has 2 N–H and O–H groups in total. The average Bonchev–Trinajstić information content (AvgIpc) is 2.44. The van der Waals surface area contributed by atoms with Crippen LogP contribution in [0, 0.1) is 0 Å². The minimum atomic E-state index is -3.25. The first-order valence-corrected chi connectivity index (χ1v) is 8.75. The third-order valence-corrected chi connectivity index (χ3v) is 3.70. The number of anilines is 2. The van der Waals surface area contributed by atoms with Crippen molar-refractivity contribution in [3.05, 3.63) is 59.7 Å². The molecule has 21 heavy (non-hydrogen) atoms. The molecule has 0 aliphatic heterocycles. The Bertz CT molecular complexity index is 694. The van der Waals surface area contributed by atoms with Crippen molar-refractivity contribution in [2.75, 3.05) is 16.3 Å². The van der Waals surface area contributed by atoms with Gasteiger partial charge in [-0.2, -0.15) is 0 Å². The molecule has 0 saturated heterocycles. The molecule has 5 heteroatoms. The van der Waals surface area contributed by atoms with Crippen LogP contribution in [0.1, 0.15) is 18.1 Å². The summed E-state index contributed by atoms with van der Waals surface area (Å²) in [5.74, 6) is 0. The Morgan fingerprint density at radius 2 is 1.57 bits per heavy atom. The van der Waals surface area contributed by atoms with Gasteiger partial charge >= 0.3 is 0 Å². The van der Waals surface area contributed by atoms with Gasteiger partial charge in [-0.05, 0) is 35.7 Å². The molecule has 0 amide bonds. The topological polar surface area (TPSA) is 58.2 Å². The van der Waals surface area contributed by atoms with Crippen molar-refractivity contribution in [3.8, 4) is 0 Å². The van der Waals surface area contributed by atoms with Crippen molar-refractivity contribution in [2.45, 2.75) is 19.9 Å². The molecular weight excluding hydrogens is 284 g/mol. The second kappa shape index (κ2) is 6.63. The van der Waals surface area contributed by atoms with Gasteiger partial charge in [-0.1, -0.05) is 37.3 Å². The van der Waals surface area contributed by atoms with E-state index >= 15 is 0 Å². The molecule has 0 aliphatic carbocycles. The summed E-state index contributed by atoms with van der Waals surface area (Å²) in [6, 6.07) is 15.7. The first kappa shape index (κ1) is 15.4. The van der Waals surface area contributed by atoms with Crippen molar-refractivity contribution < 1.29 is 8.42 Å². The number of hydrogen-bond acceptors (Lipinski definition) is 3. The van der Waals surface area contributed by atoms with Gasteiger partial charge in [0, 0.05) is 12.2 Å². The average molecular weight is 304 g/mol. The number of benzene rings is 2. The van der Waals surface area contributed by atoms with Crippen LogP contribution in [0.5, 0.6) is 0 Å². The van der Waals surface area contributed by atoms with Gasteiger partial charge in [-0.25, -0.2) is 8.42 Å². The Kier molecular flexibility index (Phi) is 4.85. The van der Waals surface area contributed by atoms with Crippen LogP contribution in [-0.2, 0) is 23.0 Å². The van der Waals surface area contributed by atoms with Crippen LogP contribution in [0.3, 0.4) is 0 Å². The Labute approximate surface area is 126 Å². The molecule has 0 bridgehead atoms. The largest absolute Gasteiger partial charge is 0.381 e. The zero-order chi connectivity index (χ0) is 15.3. The van der Waals surface area contributed by atoms with Crippen molar-refractivity contribution >= 4 is 21.4 Å². The van der Waals surface area contributed by atoms with E-state index in [1.54, 1.807) is 12.1 Å². The molecular formula is C16H20N2O2S. The fourth-order valence-electron chi connectivity index (χ4n) is 2.00. The molecule has 2 rings (SSSR count). The van der Waals surface area contributed by atoms with Gasteiger partial charge in [0.05, 0.1) is 11.9 Å². The lowest BCUT2D eigenvalue weighted by Gasteiger charge is -2.09. The molecule has 0 aromatic heterocycles. The van der Waals surface area contributed by atoms with Gasteiger partial charge in [-0.15, -0.1) is 0 Å². The van der Waals surface area contributed by atoms with Crippen LogP contribution in [0.25, 0.3) is 0 Å². The normalized spacial score (nSPS) is 11.1. The zero-order valence-electron chi connectivity index (χ0n) is 12.3. The second-order valence-corrected chi connectivity index (χ2v) is 6.73. The van der Waals surface area contributed by atoms with Gasteiger partial charge < -0.3 is 5.32 Å². The van der Waals surface area contributed by atoms with E-state index in [4.69, 9.17) is 0 Å². The summed E-state index contributed by atoms with van der Waals surface area (Å²) < 4.78 is 24.9. The lowest BCUT2D eigenvalue weighted by molar-refractivity contribution is 0.607. The molecule has 0 saturated carbocycles. The number of rotatable bonds is 6. The first-order valence-electron chi connectivity index (χ1n) is 6.86. The molecule has 0 unspecified atom stereocenters. The Balaban J connectivity index is 2.01. The summed E-state index contributed by atoms with van der Waals surface area (Å²) in [6.07, 6.45) is 2.18. The summed E-state index contributed by atoms with van der Waals surface area (Å²) in [6.45, 7) is 2.83. The van der Waals surface area contributed by atoms with E-state index in [9.17, 15) is 8.42 Å². The summed E-state index contributed by atoms with van der Waals surface area (Å²) in [4.78, 5) is 0. The minimum Gasteiger partial charge on any atom is -0.381 e. The number of aryl methyl sites for hydroxylation is 1. The quantitative estimate of drug-likeness (QED) is 0.861. The molecule has 0 spiro atoms. The lowest BCUT2D eigenvalue weighted by atomic mass is 10.1. The second-order valence-electron chi connectivity index (χ2n) is 4.98. The van der Waals surface area contributed by atoms with Crippen LogP contribution < -0.4 is 10.0 Å². The van der Waals surface area contributed by atoms with Crippen LogP contribution in [-0.4, -0.2) is 14.7 Å².